The Morgan fingerprint density at radius 1 is 1.50 bits per heavy atom. The Labute approximate surface area is 104 Å². The molecule has 1 aliphatic heterocycles. The molecule has 1 unspecified atom stereocenters. The number of carboxylic acids is 1. The molecule has 0 fully saturated rings. The normalized spacial score (nSPS) is 18.4. The van der Waals surface area contributed by atoms with Gasteiger partial charge in [-0.25, -0.2) is 4.79 Å². The third-order valence-corrected chi connectivity index (χ3v) is 2.90. The lowest BCUT2D eigenvalue weighted by molar-refractivity contribution is -0.117. The number of fused-ring (bicyclic) bond motifs is 1. The lowest BCUT2D eigenvalue weighted by Crippen LogP contribution is -2.44. The van der Waals surface area contributed by atoms with E-state index < -0.39 is 5.97 Å². The fourth-order valence-electron chi connectivity index (χ4n) is 1.82. The molecule has 0 radical (unpaired) electrons. The molecule has 1 atom stereocenters. The number of ether oxygens (including phenoxy) is 1. The molecule has 1 N–H and O–H groups in total. The predicted molar refractivity (Wildman–Crippen MR) is 62.9 cm³/mol. The summed E-state index contributed by atoms with van der Waals surface area (Å²) in [5.41, 5.74) is 0. The quantitative estimate of drug-likeness (QED) is 0.868. The van der Waals surface area contributed by atoms with Crippen molar-refractivity contribution in [2.24, 2.45) is 5.92 Å². The van der Waals surface area contributed by atoms with Gasteiger partial charge >= 0.3 is 5.97 Å². The van der Waals surface area contributed by atoms with E-state index in [9.17, 15) is 9.59 Å². The van der Waals surface area contributed by atoms with E-state index in [1.165, 1.54) is 17.9 Å². The first-order valence-electron chi connectivity index (χ1n) is 5.72. The van der Waals surface area contributed by atoms with E-state index in [1.54, 1.807) is 0 Å². The van der Waals surface area contributed by atoms with Crippen LogP contribution in [-0.2, 0) is 4.79 Å². The molecule has 1 aromatic rings. The molecular weight excluding hydrogens is 238 g/mol. The maximum absolute atomic E-state index is 11.6. The Bertz CT molecular complexity index is 491. The maximum Gasteiger partial charge on any atom is 0.372 e. The van der Waals surface area contributed by atoms with Gasteiger partial charge in [-0.1, -0.05) is 13.8 Å². The minimum Gasteiger partial charge on any atom is -0.483 e. The van der Waals surface area contributed by atoms with Gasteiger partial charge in [0.1, 0.15) is 6.10 Å². The van der Waals surface area contributed by atoms with Crippen molar-refractivity contribution in [3.05, 3.63) is 11.8 Å². The van der Waals surface area contributed by atoms with Crippen molar-refractivity contribution in [3.8, 4) is 5.75 Å². The van der Waals surface area contributed by atoms with Gasteiger partial charge in [-0.2, -0.15) is 0 Å². The summed E-state index contributed by atoms with van der Waals surface area (Å²) in [6.45, 7) is 5.74. The summed E-state index contributed by atoms with van der Waals surface area (Å²) >= 11 is 0. The van der Waals surface area contributed by atoms with Gasteiger partial charge in [0.05, 0.1) is 6.54 Å². The van der Waals surface area contributed by atoms with Crippen LogP contribution in [-0.4, -0.2) is 29.6 Å². The number of hydrogen-bond acceptors (Lipinski definition) is 4. The van der Waals surface area contributed by atoms with Crippen molar-refractivity contribution in [2.45, 2.75) is 26.9 Å². The Morgan fingerprint density at radius 2 is 2.17 bits per heavy atom. The molecule has 1 aliphatic rings. The van der Waals surface area contributed by atoms with E-state index in [-0.39, 0.29) is 29.6 Å². The zero-order valence-electron chi connectivity index (χ0n) is 10.5. The van der Waals surface area contributed by atoms with E-state index in [0.717, 1.165) is 0 Å². The molecule has 0 saturated heterocycles. The highest BCUT2D eigenvalue weighted by molar-refractivity contribution is 5.94. The smallest absolute Gasteiger partial charge is 0.372 e. The van der Waals surface area contributed by atoms with E-state index in [1.807, 2.05) is 13.8 Å². The van der Waals surface area contributed by atoms with Gasteiger partial charge in [0, 0.05) is 13.0 Å². The average Bonchev–Trinajstić information content (AvgIpc) is 2.70. The van der Waals surface area contributed by atoms with Crippen molar-refractivity contribution in [1.82, 2.24) is 0 Å². The summed E-state index contributed by atoms with van der Waals surface area (Å²) in [5.74, 6) is -0.905. The standard InChI is InChI=1S/C12H15NO5/c1-6(2)10-5-13(7(3)14)11-8(17-10)4-9(18-11)12(15)16/h4,6,10H,5H2,1-3H3,(H,15,16). The molecule has 6 heteroatoms. The van der Waals surface area contributed by atoms with Gasteiger partial charge in [0.25, 0.3) is 0 Å². The van der Waals surface area contributed by atoms with Gasteiger partial charge < -0.3 is 14.3 Å². The molecule has 0 aromatic carbocycles. The number of anilines is 1. The fraction of sp³-hybridized carbons (Fsp3) is 0.500. The Hall–Kier alpha value is -1.98. The molecule has 2 heterocycles. The summed E-state index contributed by atoms with van der Waals surface area (Å²) in [7, 11) is 0. The van der Waals surface area contributed by atoms with Crippen molar-refractivity contribution in [3.63, 3.8) is 0 Å². The van der Waals surface area contributed by atoms with Crippen LogP contribution in [0.4, 0.5) is 5.88 Å². The van der Waals surface area contributed by atoms with Crippen molar-refractivity contribution < 1.29 is 23.8 Å². The number of rotatable bonds is 2. The molecule has 6 nitrogen and oxygen atoms in total. The summed E-state index contributed by atoms with van der Waals surface area (Å²) in [6.07, 6.45) is -0.166. The highest BCUT2D eigenvalue weighted by Crippen LogP contribution is 2.38. The number of amides is 1. The van der Waals surface area contributed by atoms with E-state index in [0.29, 0.717) is 12.3 Å². The number of carbonyl (C=O) groups excluding carboxylic acids is 1. The van der Waals surface area contributed by atoms with Gasteiger partial charge in [0.15, 0.2) is 5.75 Å². The van der Waals surface area contributed by atoms with E-state index >= 15 is 0 Å². The van der Waals surface area contributed by atoms with Crippen LogP contribution in [0.3, 0.4) is 0 Å². The second-order valence-corrected chi connectivity index (χ2v) is 4.62. The molecule has 1 amide bonds. The highest BCUT2D eigenvalue weighted by atomic mass is 16.5. The topological polar surface area (TPSA) is 80.0 Å². The van der Waals surface area contributed by atoms with Crippen LogP contribution >= 0.6 is 0 Å². The van der Waals surface area contributed by atoms with Crippen LogP contribution in [0, 0.1) is 5.92 Å². The monoisotopic (exact) mass is 253 g/mol. The van der Waals surface area contributed by atoms with Crippen LogP contribution in [0.25, 0.3) is 0 Å². The molecule has 0 aliphatic carbocycles. The van der Waals surface area contributed by atoms with E-state index in [4.69, 9.17) is 14.3 Å². The van der Waals surface area contributed by atoms with Gasteiger partial charge in [-0.15, -0.1) is 0 Å². The van der Waals surface area contributed by atoms with Crippen molar-refractivity contribution >= 4 is 17.8 Å². The Kier molecular flexibility index (Phi) is 3.02. The molecule has 0 saturated carbocycles. The zero-order valence-corrected chi connectivity index (χ0v) is 10.5. The molecule has 0 bridgehead atoms. The molecule has 2 rings (SSSR count). The zero-order chi connectivity index (χ0) is 13.4. The largest absolute Gasteiger partial charge is 0.483 e. The van der Waals surface area contributed by atoms with Crippen molar-refractivity contribution in [2.75, 3.05) is 11.4 Å². The van der Waals surface area contributed by atoms with Crippen LogP contribution in [0.2, 0.25) is 0 Å². The summed E-state index contributed by atoms with van der Waals surface area (Å²) in [4.78, 5) is 23.8. The van der Waals surface area contributed by atoms with Gasteiger partial charge in [-0.05, 0) is 5.92 Å². The van der Waals surface area contributed by atoms with E-state index in [2.05, 4.69) is 0 Å². The lowest BCUT2D eigenvalue weighted by Gasteiger charge is -2.32. The molecule has 1 aromatic heterocycles. The number of carbonyl (C=O) groups is 2. The molecule has 0 spiro atoms. The highest BCUT2D eigenvalue weighted by Gasteiger charge is 2.34. The number of nitrogens with zero attached hydrogens (tertiary/aromatic N) is 1. The van der Waals surface area contributed by atoms with Crippen molar-refractivity contribution in [1.29, 1.82) is 0 Å². The first kappa shape index (κ1) is 12.5. The average molecular weight is 253 g/mol. The molecule has 98 valence electrons. The number of aromatic carboxylic acids is 1. The second kappa shape index (κ2) is 4.36. The number of carboxylic acid groups (broad SMARTS) is 1. The number of hydrogen-bond donors (Lipinski definition) is 1. The number of furan rings is 1. The Morgan fingerprint density at radius 3 is 2.67 bits per heavy atom. The second-order valence-electron chi connectivity index (χ2n) is 4.62. The molecular formula is C12H15NO5. The summed E-state index contributed by atoms with van der Waals surface area (Å²) in [6, 6.07) is 1.31. The van der Waals surface area contributed by atoms with Gasteiger partial charge in [-0.3, -0.25) is 9.69 Å². The Balaban J connectivity index is 2.41. The SMILES string of the molecule is CC(=O)N1CC(C(C)C)Oc2cc(C(=O)O)oc21. The summed E-state index contributed by atoms with van der Waals surface area (Å²) < 4.78 is 10.8. The fourth-order valence-corrected chi connectivity index (χ4v) is 1.82. The lowest BCUT2D eigenvalue weighted by atomic mass is 10.1. The third kappa shape index (κ3) is 2.05. The van der Waals surface area contributed by atoms with Crippen LogP contribution in [0.15, 0.2) is 10.5 Å². The maximum atomic E-state index is 11.6. The van der Waals surface area contributed by atoms with Gasteiger partial charge in [0.2, 0.25) is 17.6 Å². The minimum atomic E-state index is -1.18. The van der Waals surface area contributed by atoms with Crippen LogP contribution < -0.4 is 9.64 Å². The van der Waals surface area contributed by atoms with Crippen LogP contribution in [0.1, 0.15) is 31.3 Å². The first-order chi connectivity index (χ1) is 8.40. The summed E-state index contributed by atoms with van der Waals surface area (Å²) in [5, 5.41) is 8.88. The first-order valence-corrected chi connectivity index (χ1v) is 5.72. The third-order valence-electron chi connectivity index (χ3n) is 2.90. The molecule has 18 heavy (non-hydrogen) atoms. The minimum absolute atomic E-state index is 0.166. The van der Waals surface area contributed by atoms with Crippen LogP contribution in [0.5, 0.6) is 5.75 Å². The predicted octanol–water partition coefficient (Wildman–Crippen LogP) is 1.75.